The van der Waals surface area contributed by atoms with Crippen LogP contribution in [-0.2, 0) is 12.7 Å². The summed E-state index contributed by atoms with van der Waals surface area (Å²) < 4.78 is 38.7. The molecule has 2 rings (SSSR count). The van der Waals surface area contributed by atoms with Crippen molar-refractivity contribution < 1.29 is 13.2 Å². The van der Waals surface area contributed by atoms with E-state index < -0.39 is 11.7 Å². The van der Waals surface area contributed by atoms with Crippen LogP contribution >= 0.6 is 11.6 Å². The Labute approximate surface area is 126 Å². The topological polar surface area (TPSA) is 12.0 Å². The molecule has 0 aliphatic heterocycles. The van der Waals surface area contributed by atoms with Crippen LogP contribution in [0.1, 0.15) is 29.7 Å². The largest absolute Gasteiger partial charge is 0.416 e. The molecule has 2 aromatic carbocycles. The molecule has 0 aliphatic carbocycles. The van der Waals surface area contributed by atoms with E-state index in [0.29, 0.717) is 5.02 Å². The number of benzene rings is 2. The fraction of sp³-hybridized carbons (Fsp3) is 0.250. The smallest absolute Gasteiger partial charge is 0.306 e. The molecular formula is C16H15ClF3N. The summed E-state index contributed by atoms with van der Waals surface area (Å²) in [5.41, 5.74) is 0.621. The number of alkyl halides is 3. The SMILES string of the molecule is C[C@H](NCc1ccccc1C(F)(F)F)c1ccc(Cl)cc1. The number of nitrogens with one attached hydrogen (secondary N) is 1. The van der Waals surface area contributed by atoms with Gasteiger partial charge in [-0.1, -0.05) is 41.9 Å². The van der Waals surface area contributed by atoms with Gasteiger partial charge in [0.1, 0.15) is 0 Å². The van der Waals surface area contributed by atoms with Crippen LogP contribution in [0.15, 0.2) is 48.5 Å². The minimum atomic E-state index is -4.33. The number of rotatable bonds is 4. The molecule has 21 heavy (non-hydrogen) atoms. The summed E-state index contributed by atoms with van der Waals surface area (Å²) >= 11 is 5.81. The molecule has 0 radical (unpaired) electrons. The summed E-state index contributed by atoms with van der Waals surface area (Å²) in [6.45, 7) is 2.05. The maximum Gasteiger partial charge on any atom is 0.416 e. The van der Waals surface area contributed by atoms with Crippen molar-refractivity contribution in [2.75, 3.05) is 0 Å². The maximum absolute atomic E-state index is 12.9. The number of hydrogen-bond donors (Lipinski definition) is 1. The van der Waals surface area contributed by atoms with Crippen molar-refractivity contribution in [3.05, 3.63) is 70.2 Å². The van der Waals surface area contributed by atoms with E-state index in [-0.39, 0.29) is 18.2 Å². The van der Waals surface area contributed by atoms with E-state index in [1.54, 1.807) is 18.2 Å². The van der Waals surface area contributed by atoms with Gasteiger partial charge in [0, 0.05) is 17.6 Å². The molecule has 0 fully saturated rings. The molecule has 1 nitrogen and oxygen atoms in total. The van der Waals surface area contributed by atoms with E-state index in [2.05, 4.69) is 5.32 Å². The summed E-state index contributed by atoms with van der Waals surface area (Å²) in [6, 6.07) is 12.8. The predicted octanol–water partition coefficient (Wildman–Crippen LogP) is 5.21. The molecule has 0 aliphatic rings. The lowest BCUT2D eigenvalue weighted by molar-refractivity contribution is -0.138. The Morgan fingerprint density at radius 3 is 2.29 bits per heavy atom. The van der Waals surface area contributed by atoms with Crippen LogP contribution in [0.25, 0.3) is 0 Å². The zero-order valence-electron chi connectivity index (χ0n) is 11.4. The van der Waals surface area contributed by atoms with E-state index in [0.717, 1.165) is 11.6 Å². The van der Waals surface area contributed by atoms with Crippen molar-refractivity contribution in [2.45, 2.75) is 25.7 Å². The Morgan fingerprint density at radius 2 is 1.67 bits per heavy atom. The first-order valence-corrected chi connectivity index (χ1v) is 6.89. The number of halogens is 4. The Bertz CT molecular complexity index is 593. The Hall–Kier alpha value is -1.52. The minimum absolute atomic E-state index is 0.0662. The average molecular weight is 314 g/mol. The molecule has 0 saturated carbocycles. The average Bonchev–Trinajstić information content (AvgIpc) is 2.45. The second kappa shape index (κ2) is 6.50. The lowest BCUT2D eigenvalue weighted by Crippen LogP contribution is -2.20. The van der Waals surface area contributed by atoms with E-state index in [1.807, 2.05) is 19.1 Å². The Kier molecular flexibility index (Phi) is 4.91. The summed E-state index contributed by atoms with van der Waals surface area (Å²) in [4.78, 5) is 0. The van der Waals surface area contributed by atoms with Crippen molar-refractivity contribution in [1.82, 2.24) is 5.32 Å². The van der Waals surface area contributed by atoms with Crippen molar-refractivity contribution in [3.63, 3.8) is 0 Å². The third-order valence-corrected chi connectivity index (χ3v) is 3.54. The molecule has 0 bridgehead atoms. The summed E-state index contributed by atoms with van der Waals surface area (Å²) in [5, 5.41) is 3.74. The van der Waals surface area contributed by atoms with Crippen LogP contribution in [0.5, 0.6) is 0 Å². The second-order valence-electron chi connectivity index (χ2n) is 4.81. The van der Waals surface area contributed by atoms with E-state index in [4.69, 9.17) is 11.6 Å². The minimum Gasteiger partial charge on any atom is -0.306 e. The highest BCUT2D eigenvalue weighted by Crippen LogP contribution is 2.32. The Morgan fingerprint density at radius 1 is 1.05 bits per heavy atom. The molecule has 5 heteroatoms. The first kappa shape index (κ1) is 15.9. The van der Waals surface area contributed by atoms with Gasteiger partial charge in [-0.05, 0) is 36.2 Å². The molecule has 1 atom stereocenters. The number of hydrogen-bond acceptors (Lipinski definition) is 1. The fourth-order valence-corrected chi connectivity index (χ4v) is 2.21. The summed E-state index contributed by atoms with van der Waals surface area (Å²) in [5.74, 6) is 0. The first-order chi connectivity index (χ1) is 9.88. The van der Waals surface area contributed by atoms with Gasteiger partial charge in [0.15, 0.2) is 0 Å². The third kappa shape index (κ3) is 4.22. The molecule has 0 saturated heterocycles. The van der Waals surface area contributed by atoms with Gasteiger partial charge in [0.05, 0.1) is 5.56 Å². The monoisotopic (exact) mass is 313 g/mol. The first-order valence-electron chi connectivity index (χ1n) is 6.52. The molecule has 0 spiro atoms. The van der Waals surface area contributed by atoms with Gasteiger partial charge in [-0.25, -0.2) is 0 Å². The van der Waals surface area contributed by atoms with E-state index in [1.165, 1.54) is 12.1 Å². The molecule has 2 aromatic rings. The van der Waals surface area contributed by atoms with Gasteiger partial charge in [0.25, 0.3) is 0 Å². The standard InChI is InChI=1S/C16H15ClF3N/c1-11(12-6-8-14(17)9-7-12)21-10-13-4-2-3-5-15(13)16(18,19)20/h2-9,11,21H,10H2,1H3/t11-/m0/s1. The van der Waals surface area contributed by atoms with Crippen molar-refractivity contribution in [2.24, 2.45) is 0 Å². The van der Waals surface area contributed by atoms with Gasteiger partial charge >= 0.3 is 6.18 Å². The van der Waals surface area contributed by atoms with Crippen LogP contribution in [0, 0.1) is 0 Å². The molecule has 112 valence electrons. The Balaban J connectivity index is 2.08. The molecular weight excluding hydrogens is 299 g/mol. The van der Waals surface area contributed by atoms with Crippen LogP contribution in [0.4, 0.5) is 13.2 Å². The van der Waals surface area contributed by atoms with Crippen LogP contribution in [-0.4, -0.2) is 0 Å². The molecule has 0 amide bonds. The molecule has 0 aromatic heterocycles. The molecule has 1 N–H and O–H groups in total. The van der Waals surface area contributed by atoms with E-state index in [9.17, 15) is 13.2 Å². The van der Waals surface area contributed by atoms with Crippen LogP contribution < -0.4 is 5.32 Å². The maximum atomic E-state index is 12.9. The highest BCUT2D eigenvalue weighted by Gasteiger charge is 2.32. The van der Waals surface area contributed by atoms with Gasteiger partial charge in [0.2, 0.25) is 0 Å². The van der Waals surface area contributed by atoms with Crippen molar-refractivity contribution >= 4 is 11.6 Å². The van der Waals surface area contributed by atoms with Gasteiger partial charge < -0.3 is 5.32 Å². The molecule has 0 heterocycles. The predicted molar refractivity (Wildman–Crippen MR) is 78.2 cm³/mol. The van der Waals surface area contributed by atoms with Crippen molar-refractivity contribution in [1.29, 1.82) is 0 Å². The van der Waals surface area contributed by atoms with E-state index >= 15 is 0 Å². The van der Waals surface area contributed by atoms with Gasteiger partial charge in [-0.15, -0.1) is 0 Å². The van der Waals surface area contributed by atoms with Gasteiger partial charge in [-0.3, -0.25) is 0 Å². The van der Waals surface area contributed by atoms with Crippen LogP contribution in [0.3, 0.4) is 0 Å². The third-order valence-electron chi connectivity index (χ3n) is 3.29. The lowest BCUT2D eigenvalue weighted by Gasteiger charge is -2.17. The lowest BCUT2D eigenvalue weighted by atomic mass is 10.1. The van der Waals surface area contributed by atoms with Gasteiger partial charge in [-0.2, -0.15) is 13.2 Å². The normalized spacial score (nSPS) is 13.2. The summed E-state index contributed by atoms with van der Waals surface area (Å²) in [7, 11) is 0. The quantitative estimate of drug-likeness (QED) is 0.817. The van der Waals surface area contributed by atoms with Crippen LogP contribution in [0.2, 0.25) is 5.02 Å². The highest BCUT2D eigenvalue weighted by atomic mass is 35.5. The zero-order chi connectivity index (χ0) is 15.5. The zero-order valence-corrected chi connectivity index (χ0v) is 12.2. The second-order valence-corrected chi connectivity index (χ2v) is 5.25. The fourth-order valence-electron chi connectivity index (χ4n) is 2.08. The highest BCUT2D eigenvalue weighted by molar-refractivity contribution is 6.30. The van der Waals surface area contributed by atoms with Crippen molar-refractivity contribution in [3.8, 4) is 0 Å². The summed E-state index contributed by atoms with van der Waals surface area (Å²) in [6.07, 6.45) is -4.33. The molecule has 0 unspecified atom stereocenters.